The molecule has 0 spiro atoms. The smallest absolute Gasteiger partial charge is 0.256 e. The first kappa shape index (κ1) is 15.1. The second kappa shape index (κ2) is 6.50. The Morgan fingerprint density at radius 2 is 1.77 bits per heavy atom. The normalized spacial score (nSPS) is 14.2. The molecule has 0 saturated carbocycles. The molecule has 0 aliphatic carbocycles. The molecule has 1 fully saturated rings. The predicted octanol–water partition coefficient (Wildman–Crippen LogP) is 3.76. The van der Waals surface area contributed by atoms with Crippen LogP contribution in [-0.2, 0) is 0 Å². The van der Waals surface area contributed by atoms with E-state index in [0.29, 0.717) is 21.6 Å². The molecule has 1 N–H and O–H groups in total. The Bertz CT molecular complexity index is 684. The number of carbonyl (C=O) groups excluding carboxylic acids is 1. The van der Waals surface area contributed by atoms with Crippen LogP contribution in [0.3, 0.4) is 0 Å². The van der Waals surface area contributed by atoms with E-state index in [1.807, 2.05) is 4.90 Å². The summed E-state index contributed by atoms with van der Waals surface area (Å²) in [6.45, 7) is 1.62. The van der Waals surface area contributed by atoms with Gasteiger partial charge in [0.25, 0.3) is 5.91 Å². The molecule has 2 heterocycles. The van der Waals surface area contributed by atoms with Crippen LogP contribution in [0.15, 0.2) is 30.6 Å². The molecule has 0 unspecified atom stereocenters. The van der Waals surface area contributed by atoms with Crippen molar-refractivity contribution in [2.75, 3.05) is 18.4 Å². The number of amides is 1. The lowest BCUT2D eigenvalue weighted by molar-refractivity contribution is 0.0792. The first-order chi connectivity index (χ1) is 10.6. The van der Waals surface area contributed by atoms with E-state index in [-0.39, 0.29) is 5.91 Å². The summed E-state index contributed by atoms with van der Waals surface area (Å²) in [5.41, 5.74) is 1.23. The van der Waals surface area contributed by atoms with Crippen LogP contribution in [0, 0.1) is 0 Å². The topological polar surface area (TPSA) is 58.1 Å². The summed E-state index contributed by atoms with van der Waals surface area (Å²) in [6.07, 6.45) is 5.19. The van der Waals surface area contributed by atoms with E-state index in [0.717, 1.165) is 31.6 Å². The summed E-state index contributed by atoms with van der Waals surface area (Å²) in [4.78, 5) is 22.4. The van der Waals surface area contributed by atoms with Crippen molar-refractivity contribution in [2.45, 2.75) is 12.8 Å². The van der Waals surface area contributed by atoms with Crippen LogP contribution >= 0.6 is 23.2 Å². The van der Waals surface area contributed by atoms with Crippen molar-refractivity contribution in [3.63, 3.8) is 0 Å². The van der Waals surface area contributed by atoms with Gasteiger partial charge in [0.15, 0.2) is 0 Å². The van der Waals surface area contributed by atoms with Gasteiger partial charge in [-0.3, -0.25) is 4.79 Å². The standard InChI is InChI=1S/C15H14Cl2N4O/c16-12-4-3-11(7-13(12)17)20-15-18-8-10(9-19-15)14(22)21-5-1-2-6-21/h3-4,7-9H,1-2,5-6H2,(H,18,19,20). The van der Waals surface area contributed by atoms with Gasteiger partial charge in [0, 0.05) is 31.2 Å². The highest BCUT2D eigenvalue weighted by atomic mass is 35.5. The minimum Gasteiger partial charge on any atom is -0.339 e. The van der Waals surface area contributed by atoms with Gasteiger partial charge in [-0.25, -0.2) is 9.97 Å². The Morgan fingerprint density at radius 3 is 2.41 bits per heavy atom. The number of anilines is 2. The first-order valence-corrected chi connectivity index (χ1v) is 7.72. The molecule has 0 radical (unpaired) electrons. The van der Waals surface area contributed by atoms with Crippen LogP contribution in [0.4, 0.5) is 11.6 Å². The lowest BCUT2D eigenvalue weighted by Gasteiger charge is -2.14. The molecule has 0 bridgehead atoms. The van der Waals surface area contributed by atoms with Crippen LogP contribution < -0.4 is 5.32 Å². The van der Waals surface area contributed by atoms with Gasteiger partial charge in [0.2, 0.25) is 5.95 Å². The third kappa shape index (κ3) is 3.31. The summed E-state index contributed by atoms with van der Waals surface area (Å²) in [5, 5.41) is 3.95. The quantitative estimate of drug-likeness (QED) is 0.926. The van der Waals surface area contributed by atoms with Crippen molar-refractivity contribution in [1.29, 1.82) is 0 Å². The number of carbonyl (C=O) groups is 1. The highest BCUT2D eigenvalue weighted by Crippen LogP contribution is 2.26. The summed E-state index contributed by atoms with van der Waals surface area (Å²) in [7, 11) is 0. The van der Waals surface area contributed by atoms with Gasteiger partial charge in [-0.2, -0.15) is 0 Å². The molecular weight excluding hydrogens is 323 g/mol. The summed E-state index contributed by atoms with van der Waals surface area (Å²) in [5.74, 6) is 0.384. The molecule has 1 aliphatic rings. The van der Waals surface area contributed by atoms with E-state index in [1.165, 1.54) is 12.4 Å². The molecule has 0 atom stereocenters. The van der Waals surface area contributed by atoms with Gasteiger partial charge >= 0.3 is 0 Å². The number of hydrogen-bond acceptors (Lipinski definition) is 4. The number of aromatic nitrogens is 2. The SMILES string of the molecule is O=C(c1cnc(Nc2ccc(Cl)c(Cl)c2)nc1)N1CCCC1. The molecule has 2 aromatic rings. The van der Waals surface area contributed by atoms with E-state index < -0.39 is 0 Å². The fourth-order valence-corrected chi connectivity index (χ4v) is 2.61. The van der Waals surface area contributed by atoms with Crippen LogP contribution in [0.1, 0.15) is 23.2 Å². The van der Waals surface area contributed by atoms with Crippen LogP contribution in [0.25, 0.3) is 0 Å². The number of rotatable bonds is 3. The van der Waals surface area contributed by atoms with Gasteiger partial charge in [-0.1, -0.05) is 23.2 Å². The number of halogens is 2. The number of nitrogens with one attached hydrogen (secondary N) is 1. The molecule has 3 rings (SSSR count). The van der Waals surface area contributed by atoms with Crippen molar-refractivity contribution < 1.29 is 4.79 Å². The molecule has 1 aromatic heterocycles. The molecule has 1 amide bonds. The Kier molecular flexibility index (Phi) is 4.45. The van der Waals surface area contributed by atoms with Gasteiger partial charge in [0.1, 0.15) is 0 Å². The van der Waals surface area contributed by atoms with Crippen molar-refractivity contribution in [1.82, 2.24) is 14.9 Å². The third-order valence-corrected chi connectivity index (χ3v) is 4.21. The molecule has 7 heteroatoms. The summed E-state index contributed by atoms with van der Waals surface area (Å²) < 4.78 is 0. The molecule has 1 aliphatic heterocycles. The van der Waals surface area contributed by atoms with Crippen LogP contribution in [-0.4, -0.2) is 33.9 Å². The number of nitrogens with zero attached hydrogens (tertiary/aromatic N) is 3. The highest BCUT2D eigenvalue weighted by molar-refractivity contribution is 6.42. The maximum atomic E-state index is 12.2. The van der Waals surface area contributed by atoms with E-state index in [2.05, 4.69) is 15.3 Å². The zero-order valence-corrected chi connectivity index (χ0v) is 13.2. The maximum Gasteiger partial charge on any atom is 0.256 e. The van der Waals surface area contributed by atoms with Crippen molar-refractivity contribution in [3.8, 4) is 0 Å². The second-order valence-corrected chi connectivity index (χ2v) is 5.86. The van der Waals surface area contributed by atoms with Gasteiger partial charge in [0.05, 0.1) is 15.6 Å². The molecule has 1 saturated heterocycles. The van der Waals surface area contributed by atoms with E-state index in [4.69, 9.17) is 23.2 Å². The Balaban J connectivity index is 1.70. The summed E-state index contributed by atoms with van der Waals surface area (Å²) in [6, 6.07) is 5.16. The van der Waals surface area contributed by atoms with E-state index >= 15 is 0 Å². The zero-order chi connectivity index (χ0) is 15.5. The van der Waals surface area contributed by atoms with Crippen LogP contribution in [0.5, 0.6) is 0 Å². The summed E-state index contributed by atoms with van der Waals surface area (Å²) >= 11 is 11.8. The largest absolute Gasteiger partial charge is 0.339 e. The Labute approximate surface area is 138 Å². The number of likely N-dealkylation sites (tertiary alicyclic amines) is 1. The zero-order valence-electron chi connectivity index (χ0n) is 11.7. The molecule has 1 aromatic carbocycles. The van der Waals surface area contributed by atoms with Gasteiger partial charge in [-0.05, 0) is 31.0 Å². The monoisotopic (exact) mass is 336 g/mol. The lowest BCUT2D eigenvalue weighted by atomic mass is 10.3. The molecule has 22 heavy (non-hydrogen) atoms. The Morgan fingerprint density at radius 1 is 1.09 bits per heavy atom. The number of hydrogen-bond donors (Lipinski definition) is 1. The minimum atomic E-state index is -0.0152. The van der Waals surface area contributed by atoms with E-state index in [1.54, 1.807) is 18.2 Å². The first-order valence-electron chi connectivity index (χ1n) is 6.97. The van der Waals surface area contributed by atoms with Gasteiger partial charge < -0.3 is 10.2 Å². The lowest BCUT2D eigenvalue weighted by Crippen LogP contribution is -2.27. The fourth-order valence-electron chi connectivity index (χ4n) is 2.31. The van der Waals surface area contributed by atoms with Crippen molar-refractivity contribution in [3.05, 3.63) is 46.2 Å². The molecule has 5 nitrogen and oxygen atoms in total. The number of benzene rings is 1. The second-order valence-electron chi connectivity index (χ2n) is 5.05. The minimum absolute atomic E-state index is 0.0152. The van der Waals surface area contributed by atoms with Gasteiger partial charge in [-0.15, -0.1) is 0 Å². The molecule has 114 valence electrons. The van der Waals surface area contributed by atoms with E-state index in [9.17, 15) is 4.79 Å². The highest BCUT2D eigenvalue weighted by Gasteiger charge is 2.19. The van der Waals surface area contributed by atoms with Crippen molar-refractivity contribution in [2.24, 2.45) is 0 Å². The third-order valence-electron chi connectivity index (χ3n) is 3.47. The molecular formula is C15H14Cl2N4O. The van der Waals surface area contributed by atoms with Crippen molar-refractivity contribution >= 4 is 40.7 Å². The Hall–Kier alpha value is -1.85. The maximum absolute atomic E-state index is 12.2. The van der Waals surface area contributed by atoms with Crippen LogP contribution in [0.2, 0.25) is 10.0 Å². The average Bonchev–Trinajstić information content (AvgIpc) is 3.05. The predicted molar refractivity (Wildman–Crippen MR) is 86.9 cm³/mol. The fraction of sp³-hybridized carbons (Fsp3) is 0.267. The average molecular weight is 337 g/mol.